The Morgan fingerprint density at radius 3 is 2.50 bits per heavy atom. The minimum atomic E-state index is -1.04. The van der Waals surface area contributed by atoms with Gasteiger partial charge in [-0.3, -0.25) is 14.4 Å². The second-order valence-electron chi connectivity index (χ2n) is 6.82. The van der Waals surface area contributed by atoms with Crippen LogP contribution in [0.1, 0.15) is 34.1 Å². The number of esters is 3. The molecule has 1 saturated carbocycles. The third-order valence-corrected chi connectivity index (χ3v) is 4.84. The first-order valence-electron chi connectivity index (χ1n) is 6.82. The fraction of sp³-hybridized carbons (Fsp3) is 0.667. The Morgan fingerprint density at radius 2 is 1.95 bits per heavy atom. The molecule has 0 spiro atoms. The van der Waals surface area contributed by atoms with E-state index in [1.165, 1.54) is 6.92 Å². The zero-order valence-corrected chi connectivity index (χ0v) is 12.1. The molecule has 4 atom stereocenters. The Bertz CT molecular complexity index is 559. The molecule has 5 nitrogen and oxygen atoms in total. The largest absolute Gasteiger partial charge is 0.454 e. The molecule has 108 valence electrons. The van der Waals surface area contributed by atoms with Gasteiger partial charge in [0.2, 0.25) is 0 Å². The number of rotatable bonds is 1. The summed E-state index contributed by atoms with van der Waals surface area (Å²) in [5, 5.41) is 0. The minimum absolute atomic E-state index is 0.0381. The van der Waals surface area contributed by atoms with Gasteiger partial charge in [0.05, 0.1) is 5.92 Å². The maximum Gasteiger partial charge on any atom is 0.321 e. The molecule has 0 aromatic rings. The van der Waals surface area contributed by atoms with Crippen molar-refractivity contribution < 1.29 is 23.9 Å². The minimum Gasteiger partial charge on any atom is -0.454 e. The van der Waals surface area contributed by atoms with E-state index in [1.54, 1.807) is 0 Å². The van der Waals surface area contributed by atoms with Gasteiger partial charge in [0.25, 0.3) is 0 Å². The Balaban J connectivity index is 2.19. The molecule has 0 aromatic carbocycles. The number of carbonyl (C=O) groups is 3. The summed E-state index contributed by atoms with van der Waals surface area (Å²) in [4.78, 5) is 35.6. The molecule has 1 heterocycles. The summed E-state index contributed by atoms with van der Waals surface area (Å²) < 4.78 is 10.4. The number of carbonyl (C=O) groups excluding carboxylic acids is 3. The molecular weight excluding hydrogens is 260 g/mol. The average molecular weight is 278 g/mol. The van der Waals surface area contributed by atoms with Crippen molar-refractivity contribution in [2.24, 2.45) is 23.2 Å². The predicted molar refractivity (Wildman–Crippen MR) is 68.2 cm³/mol. The van der Waals surface area contributed by atoms with Gasteiger partial charge in [-0.05, 0) is 30.8 Å². The number of ether oxygens (including phenoxy) is 2. The molecule has 2 bridgehead atoms. The molecule has 3 aliphatic carbocycles. The molecule has 0 unspecified atom stereocenters. The summed E-state index contributed by atoms with van der Waals surface area (Å²) in [5.74, 6) is -2.76. The summed E-state index contributed by atoms with van der Waals surface area (Å²) in [6.07, 6.45) is 2.39. The Morgan fingerprint density at radius 1 is 1.30 bits per heavy atom. The van der Waals surface area contributed by atoms with Gasteiger partial charge in [-0.1, -0.05) is 19.4 Å². The third kappa shape index (κ3) is 1.52. The molecule has 2 fully saturated rings. The maximum absolute atomic E-state index is 12.1. The molecule has 4 rings (SSSR count). The molecular formula is C15H18O5. The number of hydrogen-bond acceptors (Lipinski definition) is 5. The Kier molecular flexibility index (Phi) is 2.48. The first-order chi connectivity index (χ1) is 9.18. The van der Waals surface area contributed by atoms with Crippen LogP contribution in [0.5, 0.6) is 0 Å². The smallest absolute Gasteiger partial charge is 0.321 e. The molecule has 0 radical (unpaired) electrons. The highest BCUT2D eigenvalue weighted by Gasteiger charge is 2.69. The van der Waals surface area contributed by atoms with Crippen LogP contribution in [0.25, 0.3) is 0 Å². The van der Waals surface area contributed by atoms with Crippen molar-refractivity contribution >= 4 is 17.9 Å². The molecule has 0 amide bonds. The van der Waals surface area contributed by atoms with Crippen LogP contribution in [0.4, 0.5) is 0 Å². The van der Waals surface area contributed by atoms with E-state index in [0.717, 1.165) is 5.57 Å². The third-order valence-electron chi connectivity index (χ3n) is 4.84. The van der Waals surface area contributed by atoms with E-state index in [0.29, 0.717) is 6.42 Å². The van der Waals surface area contributed by atoms with Crippen LogP contribution in [0.3, 0.4) is 0 Å². The molecule has 0 aromatic heterocycles. The topological polar surface area (TPSA) is 69.7 Å². The molecule has 5 heteroatoms. The lowest BCUT2D eigenvalue weighted by molar-refractivity contribution is -0.180. The summed E-state index contributed by atoms with van der Waals surface area (Å²) in [5.41, 5.74) is -0.267. The summed E-state index contributed by atoms with van der Waals surface area (Å²) >= 11 is 0. The predicted octanol–water partition coefficient (Wildman–Crippen LogP) is 1.61. The van der Waals surface area contributed by atoms with Crippen molar-refractivity contribution in [1.29, 1.82) is 0 Å². The van der Waals surface area contributed by atoms with Crippen molar-refractivity contribution in [2.75, 3.05) is 0 Å². The zero-order chi connectivity index (χ0) is 14.9. The quantitative estimate of drug-likeness (QED) is 0.414. The SMILES string of the molecule is CC(=O)O[C@]12C=C(C)[C@H]([C@H]3C(=O)OC(=O)[C@@H]31)C(C)(C)C2. The van der Waals surface area contributed by atoms with Crippen LogP contribution in [0.2, 0.25) is 0 Å². The summed E-state index contributed by atoms with van der Waals surface area (Å²) in [7, 11) is 0. The van der Waals surface area contributed by atoms with Gasteiger partial charge in [-0.15, -0.1) is 0 Å². The van der Waals surface area contributed by atoms with Crippen LogP contribution in [0, 0.1) is 23.2 Å². The van der Waals surface area contributed by atoms with Gasteiger partial charge in [-0.25, -0.2) is 0 Å². The van der Waals surface area contributed by atoms with Gasteiger partial charge in [0.1, 0.15) is 11.5 Å². The zero-order valence-electron chi connectivity index (χ0n) is 12.1. The van der Waals surface area contributed by atoms with Crippen LogP contribution >= 0.6 is 0 Å². The van der Waals surface area contributed by atoms with E-state index in [2.05, 4.69) is 0 Å². The van der Waals surface area contributed by atoms with Gasteiger partial charge < -0.3 is 9.47 Å². The fourth-order valence-corrected chi connectivity index (χ4v) is 4.68. The maximum atomic E-state index is 12.1. The molecule has 1 saturated heterocycles. The second-order valence-corrected chi connectivity index (χ2v) is 6.82. The van der Waals surface area contributed by atoms with E-state index >= 15 is 0 Å². The molecule has 0 N–H and O–H groups in total. The van der Waals surface area contributed by atoms with Crippen molar-refractivity contribution in [3.63, 3.8) is 0 Å². The van der Waals surface area contributed by atoms with Gasteiger partial charge >= 0.3 is 17.9 Å². The molecule has 20 heavy (non-hydrogen) atoms. The van der Waals surface area contributed by atoms with E-state index in [9.17, 15) is 14.4 Å². The highest BCUT2D eigenvalue weighted by molar-refractivity contribution is 5.99. The van der Waals surface area contributed by atoms with E-state index in [-0.39, 0.29) is 11.3 Å². The van der Waals surface area contributed by atoms with Gasteiger partial charge in [-0.2, -0.15) is 0 Å². The number of hydrogen-bond donors (Lipinski definition) is 0. The fourth-order valence-electron chi connectivity index (χ4n) is 4.68. The molecule has 1 aliphatic heterocycles. The summed E-state index contributed by atoms with van der Waals surface area (Å²) in [6, 6.07) is 0. The number of cyclic esters (lactones) is 2. The number of fused-ring (bicyclic) bond motifs is 1. The second kappa shape index (κ2) is 3.71. The monoisotopic (exact) mass is 278 g/mol. The Hall–Kier alpha value is -1.65. The standard InChI is InChI=1S/C15H18O5/c1-7-5-15(20-8(2)16)6-14(3,4)10(7)9-11(15)13(18)19-12(9)17/h5,9-11H,6H2,1-4H3/t9-,10-,11-,15+/m1/s1. The van der Waals surface area contributed by atoms with Crippen molar-refractivity contribution in [1.82, 2.24) is 0 Å². The highest BCUT2D eigenvalue weighted by atomic mass is 16.6. The Labute approximate surface area is 117 Å². The van der Waals surface area contributed by atoms with Crippen LogP contribution < -0.4 is 0 Å². The van der Waals surface area contributed by atoms with Crippen molar-refractivity contribution in [3.05, 3.63) is 11.6 Å². The van der Waals surface area contributed by atoms with Gasteiger partial charge in [0, 0.05) is 6.92 Å². The van der Waals surface area contributed by atoms with Crippen molar-refractivity contribution in [3.8, 4) is 0 Å². The van der Waals surface area contributed by atoms with Crippen LogP contribution in [0.15, 0.2) is 11.6 Å². The normalized spacial score (nSPS) is 41.0. The summed E-state index contributed by atoms with van der Waals surface area (Å²) in [6.45, 7) is 7.33. The number of allylic oxidation sites excluding steroid dienone is 1. The first-order valence-corrected chi connectivity index (χ1v) is 6.82. The van der Waals surface area contributed by atoms with Crippen LogP contribution in [-0.4, -0.2) is 23.5 Å². The lowest BCUT2D eigenvalue weighted by Crippen LogP contribution is -2.61. The van der Waals surface area contributed by atoms with Crippen LogP contribution in [-0.2, 0) is 23.9 Å². The van der Waals surface area contributed by atoms with Gasteiger partial charge in [0.15, 0.2) is 0 Å². The molecule has 4 aliphatic rings. The lowest BCUT2D eigenvalue weighted by Gasteiger charge is -2.56. The highest BCUT2D eigenvalue weighted by Crippen LogP contribution is 2.62. The van der Waals surface area contributed by atoms with E-state index < -0.39 is 35.3 Å². The average Bonchev–Trinajstić information content (AvgIpc) is 2.51. The first kappa shape index (κ1) is 13.3. The van der Waals surface area contributed by atoms with E-state index in [1.807, 2.05) is 26.8 Å². The van der Waals surface area contributed by atoms with E-state index in [4.69, 9.17) is 9.47 Å². The van der Waals surface area contributed by atoms with Crippen molar-refractivity contribution in [2.45, 2.75) is 39.7 Å². The lowest BCUT2D eigenvalue weighted by atomic mass is 9.49.